The molecule has 1 fully saturated rings. The van der Waals surface area contributed by atoms with E-state index < -0.39 is 0 Å². The Bertz CT molecular complexity index is 422. The maximum atomic E-state index is 8.55. The molecule has 1 aromatic heterocycles. The summed E-state index contributed by atoms with van der Waals surface area (Å²) in [5.74, 6) is 1.68. The molecule has 1 aromatic rings. The van der Waals surface area contributed by atoms with E-state index in [2.05, 4.69) is 32.7 Å². The number of hydrogen-bond donors (Lipinski definition) is 0. The molecule has 0 unspecified atom stereocenters. The van der Waals surface area contributed by atoms with Gasteiger partial charge in [-0.05, 0) is 6.92 Å². The summed E-state index contributed by atoms with van der Waals surface area (Å²) >= 11 is 1.59. The first-order valence-electron chi connectivity index (χ1n) is 6.12. The molecular weight excluding hydrogens is 250 g/mol. The Labute approximate surface area is 111 Å². The highest BCUT2D eigenvalue weighted by Gasteiger charge is 2.19. The summed E-state index contributed by atoms with van der Waals surface area (Å²) in [5, 5.41) is 17.9. The molecule has 0 saturated carbocycles. The van der Waals surface area contributed by atoms with E-state index in [1.54, 1.807) is 11.8 Å². The number of morpholine rings is 1. The molecule has 7 heteroatoms. The van der Waals surface area contributed by atoms with Gasteiger partial charge in [-0.15, -0.1) is 10.2 Å². The minimum Gasteiger partial charge on any atom is -0.378 e. The summed E-state index contributed by atoms with van der Waals surface area (Å²) in [6.45, 7) is 6.14. The first kappa shape index (κ1) is 13.2. The van der Waals surface area contributed by atoms with Gasteiger partial charge in [-0.25, -0.2) is 0 Å². The fraction of sp³-hybridized carbons (Fsp3) is 0.727. The van der Waals surface area contributed by atoms with Gasteiger partial charge >= 0.3 is 0 Å². The number of nitrogens with zero attached hydrogens (tertiary/aromatic N) is 5. The molecule has 2 heterocycles. The van der Waals surface area contributed by atoms with Crippen LogP contribution in [-0.4, -0.2) is 46.8 Å². The van der Waals surface area contributed by atoms with Gasteiger partial charge < -0.3 is 9.64 Å². The average molecular weight is 267 g/mol. The van der Waals surface area contributed by atoms with Crippen molar-refractivity contribution in [1.82, 2.24) is 14.8 Å². The second kappa shape index (κ2) is 6.61. The predicted molar refractivity (Wildman–Crippen MR) is 69.7 cm³/mol. The number of rotatable bonds is 5. The molecule has 0 bridgehead atoms. The third-order valence-corrected chi connectivity index (χ3v) is 3.72. The number of nitriles is 1. The van der Waals surface area contributed by atoms with Crippen molar-refractivity contribution < 1.29 is 4.74 Å². The maximum absolute atomic E-state index is 8.55. The lowest BCUT2D eigenvalue weighted by Gasteiger charge is -2.27. The Morgan fingerprint density at radius 3 is 2.83 bits per heavy atom. The minimum absolute atomic E-state index is 0.536. The van der Waals surface area contributed by atoms with Crippen LogP contribution in [0.4, 0.5) is 5.95 Å². The largest absolute Gasteiger partial charge is 0.378 e. The number of anilines is 1. The van der Waals surface area contributed by atoms with E-state index in [1.807, 2.05) is 0 Å². The van der Waals surface area contributed by atoms with E-state index in [-0.39, 0.29) is 0 Å². The highest BCUT2D eigenvalue weighted by Crippen LogP contribution is 2.22. The Morgan fingerprint density at radius 2 is 2.17 bits per heavy atom. The normalized spacial score (nSPS) is 15.7. The second-order valence-corrected chi connectivity index (χ2v) is 4.94. The zero-order valence-corrected chi connectivity index (χ0v) is 11.3. The lowest BCUT2D eigenvalue weighted by Crippen LogP contribution is -2.38. The van der Waals surface area contributed by atoms with Crippen molar-refractivity contribution in [2.75, 3.05) is 37.0 Å². The van der Waals surface area contributed by atoms with Gasteiger partial charge in [-0.1, -0.05) is 11.8 Å². The fourth-order valence-electron chi connectivity index (χ4n) is 1.85. The summed E-state index contributed by atoms with van der Waals surface area (Å²) in [5.41, 5.74) is 0. The smallest absolute Gasteiger partial charge is 0.228 e. The van der Waals surface area contributed by atoms with Crippen LogP contribution in [0, 0.1) is 11.3 Å². The van der Waals surface area contributed by atoms with Gasteiger partial charge in [-0.2, -0.15) is 5.26 Å². The highest BCUT2D eigenvalue weighted by molar-refractivity contribution is 7.99. The third kappa shape index (κ3) is 2.94. The number of aromatic nitrogens is 3. The van der Waals surface area contributed by atoms with Gasteiger partial charge in [-0.3, -0.25) is 4.57 Å². The zero-order chi connectivity index (χ0) is 12.8. The van der Waals surface area contributed by atoms with Crippen molar-refractivity contribution in [3.05, 3.63) is 0 Å². The molecule has 98 valence electrons. The molecular formula is C11H17N5OS. The summed E-state index contributed by atoms with van der Waals surface area (Å²) in [4.78, 5) is 2.20. The molecule has 0 spiro atoms. The van der Waals surface area contributed by atoms with Gasteiger partial charge in [0.25, 0.3) is 0 Å². The molecule has 0 aromatic carbocycles. The predicted octanol–water partition coefficient (Wildman–Crippen LogP) is 1.14. The van der Waals surface area contributed by atoms with E-state index in [4.69, 9.17) is 10.00 Å². The molecule has 0 atom stereocenters. The third-order valence-electron chi connectivity index (χ3n) is 2.75. The van der Waals surface area contributed by atoms with Crippen LogP contribution in [0.5, 0.6) is 0 Å². The summed E-state index contributed by atoms with van der Waals surface area (Å²) in [7, 11) is 0. The Balaban J connectivity index is 2.08. The van der Waals surface area contributed by atoms with Crippen LogP contribution in [0.2, 0.25) is 0 Å². The molecule has 18 heavy (non-hydrogen) atoms. The molecule has 1 aliphatic rings. The lowest BCUT2D eigenvalue weighted by molar-refractivity contribution is 0.121. The maximum Gasteiger partial charge on any atom is 0.228 e. The van der Waals surface area contributed by atoms with Gasteiger partial charge in [0.2, 0.25) is 5.95 Å². The molecule has 0 aliphatic carbocycles. The van der Waals surface area contributed by atoms with Crippen molar-refractivity contribution in [2.45, 2.75) is 25.0 Å². The van der Waals surface area contributed by atoms with Gasteiger partial charge in [0.05, 0.1) is 19.3 Å². The number of ether oxygens (including phenoxy) is 1. The topological polar surface area (TPSA) is 67.0 Å². The van der Waals surface area contributed by atoms with Gasteiger partial charge in [0.15, 0.2) is 5.16 Å². The van der Waals surface area contributed by atoms with Crippen LogP contribution in [0.1, 0.15) is 13.3 Å². The van der Waals surface area contributed by atoms with E-state index in [1.165, 1.54) is 0 Å². The van der Waals surface area contributed by atoms with Gasteiger partial charge in [0, 0.05) is 31.8 Å². The second-order valence-electron chi connectivity index (χ2n) is 3.88. The minimum atomic E-state index is 0.536. The molecule has 1 aliphatic heterocycles. The molecule has 6 nitrogen and oxygen atoms in total. The average Bonchev–Trinajstić information content (AvgIpc) is 2.83. The molecule has 2 rings (SSSR count). The van der Waals surface area contributed by atoms with Crippen LogP contribution in [-0.2, 0) is 11.3 Å². The summed E-state index contributed by atoms with van der Waals surface area (Å²) in [6.07, 6.45) is 0.536. The molecule has 1 saturated heterocycles. The SMILES string of the molecule is CCn1c(SCCC#N)nnc1N1CCOCC1. The van der Waals surface area contributed by atoms with Crippen molar-refractivity contribution in [3.63, 3.8) is 0 Å². The molecule has 0 radical (unpaired) electrons. The van der Waals surface area contributed by atoms with Crippen molar-refractivity contribution in [1.29, 1.82) is 5.26 Å². The summed E-state index contributed by atoms with van der Waals surface area (Å²) in [6, 6.07) is 2.14. The van der Waals surface area contributed by atoms with E-state index in [0.717, 1.165) is 49.7 Å². The van der Waals surface area contributed by atoms with E-state index in [0.29, 0.717) is 6.42 Å². The lowest BCUT2D eigenvalue weighted by atomic mass is 10.4. The van der Waals surface area contributed by atoms with Crippen LogP contribution >= 0.6 is 11.8 Å². The first-order valence-corrected chi connectivity index (χ1v) is 7.11. The Morgan fingerprint density at radius 1 is 1.39 bits per heavy atom. The standard InChI is InChI=1S/C11H17N5OS/c1-2-16-10(15-5-7-17-8-6-15)13-14-11(16)18-9-3-4-12/h2-3,5-9H2,1H3. The van der Waals surface area contributed by atoms with Crippen LogP contribution < -0.4 is 4.90 Å². The quantitative estimate of drug-likeness (QED) is 0.589. The fourth-order valence-corrected chi connectivity index (χ4v) is 2.69. The van der Waals surface area contributed by atoms with Gasteiger partial charge in [0.1, 0.15) is 0 Å². The van der Waals surface area contributed by atoms with E-state index in [9.17, 15) is 0 Å². The van der Waals surface area contributed by atoms with Crippen molar-refractivity contribution >= 4 is 17.7 Å². The summed E-state index contributed by atoms with van der Waals surface area (Å²) < 4.78 is 7.45. The Kier molecular flexibility index (Phi) is 4.84. The van der Waals surface area contributed by atoms with Crippen molar-refractivity contribution in [2.24, 2.45) is 0 Å². The molecule has 0 N–H and O–H groups in total. The Hall–Kier alpha value is -1.26. The monoisotopic (exact) mass is 267 g/mol. The number of hydrogen-bond acceptors (Lipinski definition) is 6. The zero-order valence-electron chi connectivity index (χ0n) is 10.5. The van der Waals surface area contributed by atoms with Crippen molar-refractivity contribution in [3.8, 4) is 6.07 Å². The van der Waals surface area contributed by atoms with E-state index >= 15 is 0 Å². The highest BCUT2D eigenvalue weighted by atomic mass is 32.2. The van der Waals surface area contributed by atoms with Crippen LogP contribution in [0.3, 0.4) is 0 Å². The first-order chi connectivity index (χ1) is 8.86. The number of thioether (sulfide) groups is 1. The van der Waals surface area contributed by atoms with Crippen LogP contribution in [0.15, 0.2) is 5.16 Å². The molecule has 0 amide bonds. The van der Waals surface area contributed by atoms with Crippen LogP contribution in [0.25, 0.3) is 0 Å².